The number of ether oxygens (including phenoxy) is 1. The standard InChI is InChI=1S/C25H30N2O3S/c1-16-10-11-17(2)19(13-16)15-27-21-8-4-5-9-22(21)31-23(25(27)29)18(3)24(28)26-14-20-7-6-12-30-20/h4-5,8-11,13,18,20,23H,6-7,12,14-15H2,1-3H3,(H,26,28). The minimum absolute atomic E-state index is 0.00984. The summed E-state index contributed by atoms with van der Waals surface area (Å²) in [4.78, 5) is 29.4. The number of carbonyl (C=O) groups is 2. The maximum atomic E-state index is 13.6. The summed E-state index contributed by atoms with van der Waals surface area (Å²) in [5.74, 6) is -0.537. The van der Waals surface area contributed by atoms with Crippen molar-refractivity contribution in [3.63, 3.8) is 0 Å². The summed E-state index contributed by atoms with van der Waals surface area (Å²) < 4.78 is 5.61. The van der Waals surface area contributed by atoms with Crippen LogP contribution < -0.4 is 10.2 Å². The lowest BCUT2D eigenvalue weighted by molar-refractivity contribution is -0.128. The Kier molecular flexibility index (Phi) is 6.68. The van der Waals surface area contributed by atoms with E-state index in [2.05, 4.69) is 37.4 Å². The molecule has 2 aromatic carbocycles. The first-order valence-corrected chi connectivity index (χ1v) is 11.8. The smallest absolute Gasteiger partial charge is 0.241 e. The van der Waals surface area contributed by atoms with Gasteiger partial charge in [-0.1, -0.05) is 42.8 Å². The Morgan fingerprint density at radius 3 is 2.84 bits per heavy atom. The lowest BCUT2D eigenvalue weighted by atomic mass is 10.0. The Hall–Kier alpha value is -2.31. The van der Waals surface area contributed by atoms with Crippen LogP contribution >= 0.6 is 11.8 Å². The molecule has 0 aliphatic carbocycles. The second-order valence-corrected chi connectivity index (χ2v) is 9.71. The molecule has 2 amide bonds. The third kappa shape index (κ3) is 4.80. The first-order chi connectivity index (χ1) is 14.9. The van der Waals surface area contributed by atoms with Crippen LogP contribution in [0.1, 0.15) is 36.5 Å². The van der Waals surface area contributed by atoms with E-state index in [0.717, 1.165) is 41.2 Å². The van der Waals surface area contributed by atoms with Gasteiger partial charge in [0.25, 0.3) is 0 Å². The molecule has 5 nitrogen and oxygen atoms in total. The highest BCUT2D eigenvalue weighted by Gasteiger charge is 2.39. The molecule has 2 aliphatic heterocycles. The van der Waals surface area contributed by atoms with Crippen molar-refractivity contribution in [2.45, 2.75) is 56.4 Å². The van der Waals surface area contributed by atoms with Gasteiger partial charge in [0.2, 0.25) is 11.8 Å². The van der Waals surface area contributed by atoms with Crippen molar-refractivity contribution >= 4 is 29.3 Å². The maximum Gasteiger partial charge on any atom is 0.241 e. The summed E-state index contributed by atoms with van der Waals surface area (Å²) in [7, 11) is 0. The predicted molar refractivity (Wildman–Crippen MR) is 124 cm³/mol. The molecule has 2 aliphatic rings. The average molecular weight is 439 g/mol. The molecule has 0 spiro atoms. The number of hydrogen-bond donors (Lipinski definition) is 1. The zero-order chi connectivity index (χ0) is 22.0. The first-order valence-electron chi connectivity index (χ1n) is 11.0. The molecule has 1 saturated heterocycles. The highest BCUT2D eigenvalue weighted by atomic mass is 32.2. The van der Waals surface area contributed by atoms with Gasteiger partial charge in [0.05, 0.1) is 24.3 Å². The molecule has 3 unspecified atom stereocenters. The molecule has 3 atom stereocenters. The maximum absolute atomic E-state index is 13.6. The number of carbonyl (C=O) groups excluding carboxylic acids is 2. The minimum Gasteiger partial charge on any atom is -0.376 e. The van der Waals surface area contributed by atoms with Crippen LogP contribution in [-0.4, -0.2) is 36.3 Å². The monoisotopic (exact) mass is 438 g/mol. The van der Waals surface area contributed by atoms with Crippen LogP contribution in [0.4, 0.5) is 5.69 Å². The molecule has 2 heterocycles. The summed E-state index contributed by atoms with van der Waals surface area (Å²) in [6, 6.07) is 14.3. The Balaban J connectivity index is 1.55. The molecule has 1 fully saturated rings. The Morgan fingerprint density at radius 2 is 2.06 bits per heavy atom. The molecule has 31 heavy (non-hydrogen) atoms. The van der Waals surface area contributed by atoms with Crippen LogP contribution in [-0.2, 0) is 20.9 Å². The summed E-state index contributed by atoms with van der Waals surface area (Å²) in [5.41, 5.74) is 4.38. The SMILES string of the molecule is Cc1ccc(C)c(CN2C(=O)C(C(C)C(=O)NCC3CCCO3)Sc3ccccc32)c1. The van der Waals surface area contributed by atoms with Crippen molar-refractivity contribution in [3.8, 4) is 0 Å². The number of nitrogens with zero attached hydrogens (tertiary/aromatic N) is 1. The van der Waals surface area contributed by atoms with Crippen molar-refractivity contribution in [1.29, 1.82) is 0 Å². The second kappa shape index (κ2) is 9.45. The van der Waals surface area contributed by atoms with Crippen molar-refractivity contribution in [2.75, 3.05) is 18.1 Å². The van der Waals surface area contributed by atoms with E-state index in [1.165, 1.54) is 17.3 Å². The Labute approximate surface area is 188 Å². The van der Waals surface area contributed by atoms with E-state index in [1.54, 1.807) is 0 Å². The van der Waals surface area contributed by atoms with Gasteiger partial charge in [-0.15, -0.1) is 11.8 Å². The molecular formula is C25H30N2O3S. The zero-order valence-electron chi connectivity index (χ0n) is 18.4. The first kappa shape index (κ1) is 21.9. The average Bonchev–Trinajstić information content (AvgIpc) is 3.29. The van der Waals surface area contributed by atoms with Crippen molar-refractivity contribution < 1.29 is 14.3 Å². The van der Waals surface area contributed by atoms with Crippen LogP contribution in [0.2, 0.25) is 0 Å². The number of fused-ring (bicyclic) bond motifs is 1. The Bertz CT molecular complexity index is 971. The molecule has 164 valence electrons. The second-order valence-electron chi connectivity index (χ2n) is 8.53. The van der Waals surface area contributed by atoms with Gasteiger partial charge in [0.15, 0.2) is 0 Å². The van der Waals surface area contributed by atoms with E-state index in [1.807, 2.05) is 36.1 Å². The van der Waals surface area contributed by atoms with Gasteiger partial charge in [-0.3, -0.25) is 9.59 Å². The predicted octanol–water partition coefficient (Wildman–Crippen LogP) is 4.24. The normalized spacial score (nSPS) is 21.6. The lowest BCUT2D eigenvalue weighted by Crippen LogP contribution is -2.48. The van der Waals surface area contributed by atoms with Crippen LogP contribution in [0.15, 0.2) is 47.4 Å². The molecular weight excluding hydrogens is 408 g/mol. The van der Waals surface area contributed by atoms with Gasteiger partial charge >= 0.3 is 0 Å². The third-order valence-electron chi connectivity index (χ3n) is 6.15. The summed E-state index contributed by atoms with van der Waals surface area (Å²) >= 11 is 1.50. The minimum atomic E-state index is -0.454. The molecule has 6 heteroatoms. The molecule has 1 N–H and O–H groups in total. The number of thioether (sulfide) groups is 1. The number of amides is 2. The van der Waals surface area contributed by atoms with Gasteiger partial charge in [-0.05, 0) is 49.9 Å². The zero-order valence-corrected chi connectivity index (χ0v) is 19.2. The number of aryl methyl sites for hydroxylation is 2. The number of rotatable bonds is 6. The topological polar surface area (TPSA) is 58.6 Å². The van der Waals surface area contributed by atoms with E-state index >= 15 is 0 Å². The molecule has 0 aromatic heterocycles. The van der Waals surface area contributed by atoms with E-state index in [0.29, 0.717) is 13.1 Å². The van der Waals surface area contributed by atoms with E-state index in [-0.39, 0.29) is 17.9 Å². The fourth-order valence-corrected chi connectivity index (χ4v) is 5.46. The van der Waals surface area contributed by atoms with E-state index in [9.17, 15) is 9.59 Å². The number of anilines is 1. The molecule has 0 bridgehead atoms. The summed E-state index contributed by atoms with van der Waals surface area (Å²) in [5, 5.41) is 2.55. The van der Waals surface area contributed by atoms with Gasteiger partial charge in [-0.2, -0.15) is 0 Å². The van der Waals surface area contributed by atoms with Gasteiger partial charge in [0.1, 0.15) is 5.25 Å². The van der Waals surface area contributed by atoms with E-state index in [4.69, 9.17) is 4.74 Å². The van der Waals surface area contributed by atoms with E-state index < -0.39 is 11.2 Å². The summed E-state index contributed by atoms with van der Waals surface area (Å²) in [6.45, 7) is 7.76. The molecule has 4 rings (SSSR count). The quantitative estimate of drug-likeness (QED) is 0.733. The fraction of sp³-hybridized carbons (Fsp3) is 0.440. The van der Waals surface area contributed by atoms with Crippen LogP contribution in [0.5, 0.6) is 0 Å². The molecule has 0 radical (unpaired) electrons. The number of para-hydroxylation sites is 1. The van der Waals surface area contributed by atoms with Crippen molar-refractivity contribution in [3.05, 3.63) is 59.2 Å². The van der Waals surface area contributed by atoms with Gasteiger partial charge in [-0.25, -0.2) is 0 Å². The summed E-state index contributed by atoms with van der Waals surface area (Å²) in [6.07, 6.45) is 2.10. The van der Waals surface area contributed by atoms with Crippen LogP contribution in [0.3, 0.4) is 0 Å². The lowest BCUT2D eigenvalue weighted by Gasteiger charge is -2.36. The number of benzene rings is 2. The third-order valence-corrected chi connectivity index (χ3v) is 7.61. The van der Waals surface area contributed by atoms with Gasteiger partial charge < -0.3 is 15.0 Å². The highest BCUT2D eigenvalue weighted by Crippen LogP contribution is 2.42. The number of nitrogens with one attached hydrogen (secondary N) is 1. The Morgan fingerprint density at radius 1 is 1.26 bits per heavy atom. The van der Waals surface area contributed by atoms with Crippen LogP contribution in [0.25, 0.3) is 0 Å². The molecule has 0 saturated carbocycles. The number of hydrogen-bond acceptors (Lipinski definition) is 4. The fourth-order valence-electron chi connectivity index (χ4n) is 4.18. The molecule has 2 aromatic rings. The van der Waals surface area contributed by atoms with Gasteiger partial charge in [0, 0.05) is 18.0 Å². The van der Waals surface area contributed by atoms with Crippen molar-refractivity contribution in [1.82, 2.24) is 5.32 Å². The largest absolute Gasteiger partial charge is 0.376 e. The van der Waals surface area contributed by atoms with Crippen molar-refractivity contribution in [2.24, 2.45) is 5.92 Å². The van der Waals surface area contributed by atoms with Crippen LogP contribution in [0, 0.1) is 19.8 Å². The highest BCUT2D eigenvalue weighted by molar-refractivity contribution is 8.01.